The molecule has 4 nitrogen and oxygen atoms in total. The molecule has 0 amide bonds. The van der Waals surface area contributed by atoms with Crippen LogP contribution in [0.1, 0.15) is 5.56 Å². The average molecular weight is 217 g/mol. The fraction of sp³-hybridized carbons (Fsp3) is 0.167. The van der Waals surface area contributed by atoms with Gasteiger partial charge in [0.05, 0.1) is 0 Å². The van der Waals surface area contributed by atoms with Gasteiger partial charge >= 0.3 is 37.7 Å². The Morgan fingerprint density at radius 3 is 2.21 bits per heavy atom. The van der Waals surface area contributed by atoms with E-state index < -0.39 is 6.80 Å². The summed E-state index contributed by atoms with van der Waals surface area (Å²) in [4.78, 5) is 24.2. The summed E-state index contributed by atoms with van der Waals surface area (Å²) >= 11 is 0.403. The molecule has 8 heteroatoms. The van der Waals surface area contributed by atoms with Crippen molar-refractivity contribution in [1.82, 2.24) is 4.98 Å². The quantitative estimate of drug-likeness (QED) is 0.372. The molecule has 0 saturated heterocycles. The molecule has 0 atom stereocenters. The average Bonchev–Trinajstić information content (AvgIpc) is 2.02. The predicted octanol–water partition coefficient (Wildman–Crippen LogP) is -5.85. The van der Waals surface area contributed by atoms with Crippen LogP contribution in [0.25, 0.3) is 0 Å². The van der Waals surface area contributed by atoms with Crippen LogP contribution >= 0.6 is 18.2 Å². The smallest absolute Gasteiger partial charge is 0.803 e. The van der Waals surface area contributed by atoms with Crippen molar-refractivity contribution in [3.63, 3.8) is 0 Å². The van der Waals surface area contributed by atoms with Gasteiger partial charge in [-0.3, -0.25) is 4.98 Å². The van der Waals surface area contributed by atoms with E-state index in [4.69, 9.17) is 0 Å². The SMILES string of the molecule is O=P([O-])([O-])SCc1ccncc1.[Li+].[Li+]. The van der Waals surface area contributed by atoms with Crippen molar-refractivity contribution in [2.75, 3.05) is 0 Å². The van der Waals surface area contributed by atoms with Gasteiger partial charge in [-0.25, -0.2) is 0 Å². The van der Waals surface area contributed by atoms with Crippen molar-refractivity contribution >= 4 is 18.2 Å². The zero-order valence-corrected chi connectivity index (χ0v) is 9.75. The third-order valence-corrected chi connectivity index (χ3v) is 3.25. The first kappa shape index (κ1) is 17.2. The summed E-state index contributed by atoms with van der Waals surface area (Å²) in [6.07, 6.45) is 3.10. The van der Waals surface area contributed by atoms with Gasteiger partial charge in [0.1, 0.15) is 0 Å². The molecule has 66 valence electrons. The second-order valence-corrected chi connectivity index (χ2v) is 5.63. The molecule has 0 aromatic carbocycles. The summed E-state index contributed by atoms with van der Waals surface area (Å²) in [5, 5.41) is 0. The molecule has 0 aliphatic rings. The Morgan fingerprint density at radius 1 is 1.29 bits per heavy atom. The van der Waals surface area contributed by atoms with Crippen LogP contribution in [-0.4, -0.2) is 4.98 Å². The molecule has 0 aliphatic heterocycles. The first-order valence-electron chi connectivity index (χ1n) is 3.13. The molecule has 1 heterocycles. The number of aromatic nitrogens is 1. The topological polar surface area (TPSA) is 76.1 Å². The van der Waals surface area contributed by atoms with Crippen molar-refractivity contribution in [3.05, 3.63) is 30.1 Å². The molecular formula is C6H6Li2NO3PS. The second-order valence-electron chi connectivity index (χ2n) is 2.08. The van der Waals surface area contributed by atoms with Crippen LogP contribution in [-0.2, 0) is 10.3 Å². The third-order valence-electron chi connectivity index (χ3n) is 1.14. The Bertz CT molecular complexity index is 294. The van der Waals surface area contributed by atoms with Gasteiger partial charge in [-0.15, -0.1) is 11.4 Å². The number of pyridine rings is 1. The summed E-state index contributed by atoms with van der Waals surface area (Å²) in [7, 11) is 0. The van der Waals surface area contributed by atoms with Gasteiger partial charge in [-0.1, -0.05) is 0 Å². The minimum absolute atomic E-state index is 0. The van der Waals surface area contributed by atoms with Crippen molar-refractivity contribution in [2.24, 2.45) is 0 Å². The molecule has 1 rings (SSSR count). The Kier molecular flexibility index (Phi) is 9.92. The standard InChI is InChI=1S/C6H8NO3PS.2Li/c8-11(9,10)12-5-6-1-3-7-4-2-6;;/h1-4H,5H2,(H2,8,9,10);;/q;2*+1/p-2. The van der Waals surface area contributed by atoms with E-state index in [0.29, 0.717) is 11.4 Å². The van der Waals surface area contributed by atoms with Crippen molar-refractivity contribution in [1.29, 1.82) is 0 Å². The molecule has 0 saturated carbocycles. The Labute approximate surface area is 111 Å². The van der Waals surface area contributed by atoms with Gasteiger partial charge in [0, 0.05) is 18.1 Å². The predicted molar refractivity (Wildman–Crippen MR) is 43.1 cm³/mol. The Hall–Kier alpha value is 0.845. The van der Waals surface area contributed by atoms with Crippen LogP contribution in [0.2, 0.25) is 0 Å². The maximum atomic E-state index is 10.2. The molecule has 0 aliphatic carbocycles. The largest absolute Gasteiger partial charge is 1.00 e. The van der Waals surface area contributed by atoms with E-state index in [9.17, 15) is 14.4 Å². The summed E-state index contributed by atoms with van der Waals surface area (Å²) in [5.74, 6) is 0.187. The molecule has 0 unspecified atom stereocenters. The fourth-order valence-corrected chi connectivity index (χ4v) is 2.05. The Balaban J connectivity index is 0. The number of hydrogen-bond donors (Lipinski definition) is 0. The first-order valence-corrected chi connectivity index (χ1v) is 6.27. The van der Waals surface area contributed by atoms with Crippen LogP contribution < -0.4 is 47.5 Å². The third kappa shape index (κ3) is 8.18. The number of nitrogens with zero attached hydrogens (tertiary/aromatic N) is 1. The van der Waals surface area contributed by atoms with Crippen LogP contribution in [0.15, 0.2) is 24.5 Å². The number of rotatable bonds is 3. The fourth-order valence-electron chi connectivity index (χ4n) is 0.633. The minimum atomic E-state index is -4.43. The van der Waals surface area contributed by atoms with Gasteiger partial charge in [-0.2, -0.15) is 0 Å². The van der Waals surface area contributed by atoms with E-state index in [0.717, 1.165) is 5.56 Å². The summed E-state index contributed by atoms with van der Waals surface area (Å²) in [6.45, 7) is -4.43. The van der Waals surface area contributed by atoms with Crippen molar-refractivity contribution in [2.45, 2.75) is 5.75 Å². The summed E-state index contributed by atoms with van der Waals surface area (Å²) in [5.41, 5.74) is 0.780. The molecule has 0 N–H and O–H groups in total. The van der Waals surface area contributed by atoms with Gasteiger partial charge in [-0.05, 0) is 24.5 Å². The molecule has 0 bridgehead atoms. The zero-order valence-electron chi connectivity index (χ0n) is 8.04. The zero-order chi connectivity index (χ0) is 9.03. The maximum absolute atomic E-state index is 10.2. The van der Waals surface area contributed by atoms with E-state index >= 15 is 0 Å². The van der Waals surface area contributed by atoms with E-state index in [1.807, 2.05) is 0 Å². The van der Waals surface area contributed by atoms with Crippen LogP contribution in [0, 0.1) is 0 Å². The van der Waals surface area contributed by atoms with Crippen LogP contribution in [0.4, 0.5) is 0 Å². The molecule has 1 aromatic heterocycles. The van der Waals surface area contributed by atoms with Crippen molar-refractivity contribution in [3.8, 4) is 0 Å². The van der Waals surface area contributed by atoms with Gasteiger partial charge in [0.2, 0.25) is 0 Å². The second kappa shape index (κ2) is 8.05. The monoisotopic (exact) mass is 217 g/mol. The van der Waals surface area contributed by atoms with Crippen LogP contribution in [0.5, 0.6) is 0 Å². The summed E-state index contributed by atoms with van der Waals surface area (Å²) < 4.78 is 10.2. The summed E-state index contributed by atoms with van der Waals surface area (Å²) in [6, 6.07) is 3.34. The minimum Gasteiger partial charge on any atom is -0.803 e. The van der Waals surface area contributed by atoms with Gasteiger partial charge in [0.15, 0.2) is 0 Å². The normalized spacial score (nSPS) is 9.86. The van der Waals surface area contributed by atoms with Crippen LogP contribution in [0.3, 0.4) is 0 Å². The van der Waals surface area contributed by atoms with E-state index in [2.05, 4.69) is 4.98 Å². The molecule has 0 spiro atoms. The number of hydrogen-bond acceptors (Lipinski definition) is 5. The van der Waals surface area contributed by atoms with E-state index in [-0.39, 0.29) is 43.5 Å². The molecule has 1 aromatic rings. The van der Waals surface area contributed by atoms with E-state index in [1.54, 1.807) is 24.5 Å². The van der Waals surface area contributed by atoms with E-state index in [1.165, 1.54) is 0 Å². The first-order chi connectivity index (χ1) is 5.58. The van der Waals surface area contributed by atoms with Gasteiger partial charge in [0.25, 0.3) is 0 Å². The molecule has 0 radical (unpaired) electrons. The van der Waals surface area contributed by atoms with Crippen molar-refractivity contribution < 1.29 is 52.1 Å². The van der Waals surface area contributed by atoms with Gasteiger partial charge < -0.3 is 14.4 Å². The maximum Gasteiger partial charge on any atom is 1.00 e. The molecule has 0 fully saturated rings. The molecule has 14 heavy (non-hydrogen) atoms. The molecular weight excluding hydrogens is 211 g/mol. The Morgan fingerprint density at radius 2 is 1.79 bits per heavy atom.